The van der Waals surface area contributed by atoms with Crippen LogP contribution in [-0.2, 0) is 0 Å². The smallest absolute Gasteiger partial charge is 0.270 e. The Morgan fingerprint density at radius 3 is 2.82 bits per heavy atom. The molecule has 0 fully saturated rings. The highest BCUT2D eigenvalue weighted by molar-refractivity contribution is 5.84. The number of phenolic OH excluding ortho intramolecular Hbond substituents is 1. The van der Waals surface area contributed by atoms with Gasteiger partial charge in [0.2, 0.25) is 5.89 Å². The van der Waals surface area contributed by atoms with Crippen LogP contribution in [0.25, 0.3) is 22.6 Å². The zero-order chi connectivity index (χ0) is 19.7. The number of non-ortho nitro benzene ring substituents is 1. The first-order chi connectivity index (χ1) is 13.5. The van der Waals surface area contributed by atoms with Gasteiger partial charge in [0.15, 0.2) is 5.58 Å². The highest BCUT2D eigenvalue weighted by Gasteiger charge is 2.13. The van der Waals surface area contributed by atoms with Crippen LogP contribution < -0.4 is 0 Å². The molecule has 0 saturated carbocycles. The maximum Gasteiger partial charge on any atom is 0.270 e. The number of phenols is 1. The molecular weight excluding hydrogens is 358 g/mol. The van der Waals surface area contributed by atoms with E-state index in [2.05, 4.69) is 9.98 Å². The SMILES string of the molecule is Cc1ccc2oc(-c3cc(N=Cc4cccc([N+](=O)[O-])c4)ccc3O)nc2c1. The van der Waals surface area contributed by atoms with E-state index >= 15 is 0 Å². The Hall–Kier alpha value is -4.00. The molecule has 3 aromatic carbocycles. The molecule has 4 aromatic rings. The number of nitro benzene ring substituents is 1. The molecule has 138 valence electrons. The summed E-state index contributed by atoms with van der Waals surface area (Å²) >= 11 is 0. The Morgan fingerprint density at radius 2 is 2.00 bits per heavy atom. The Labute approximate surface area is 159 Å². The van der Waals surface area contributed by atoms with Crippen LogP contribution in [0.1, 0.15) is 11.1 Å². The maximum atomic E-state index is 10.9. The number of aliphatic imine (C=N–C) groups is 1. The van der Waals surface area contributed by atoms with Gasteiger partial charge in [0.05, 0.1) is 16.2 Å². The fourth-order valence-electron chi connectivity index (χ4n) is 2.80. The van der Waals surface area contributed by atoms with E-state index in [1.807, 2.05) is 25.1 Å². The van der Waals surface area contributed by atoms with Gasteiger partial charge in [-0.25, -0.2) is 4.98 Å². The van der Waals surface area contributed by atoms with Crippen LogP contribution in [0.4, 0.5) is 11.4 Å². The van der Waals surface area contributed by atoms with Crippen molar-refractivity contribution in [2.24, 2.45) is 4.99 Å². The number of oxazole rings is 1. The summed E-state index contributed by atoms with van der Waals surface area (Å²) in [7, 11) is 0. The van der Waals surface area contributed by atoms with E-state index in [9.17, 15) is 15.2 Å². The first-order valence-corrected chi connectivity index (χ1v) is 8.49. The summed E-state index contributed by atoms with van der Waals surface area (Å²) < 4.78 is 5.75. The number of benzene rings is 3. The molecule has 7 heteroatoms. The van der Waals surface area contributed by atoms with E-state index in [4.69, 9.17) is 4.42 Å². The van der Waals surface area contributed by atoms with Crippen molar-refractivity contribution in [3.05, 3.63) is 81.9 Å². The van der Waals surface area contributed by atoms with E-state index in [-0.39, 0.29) is 11.4 Å². The third-order valence-corrected chi connectivity index (χ3v) is 4.20. The molecule has 0 saturated heterocycles. The minimum Gasteiger partial charge on any atom is -0.507 e. The molecular formula is C21H15N3O4. The molecule has 0 bridgehead atoms. The van der Waals surface area contributed by atoms with Crippen LogP contribution in [0, 0.1) is 17.0 Å². The summed E-state index contributed by atoms with van der Waals surface area (Å²) in [6.45, 7) is 1.97. The fourth-order valence-corrected chi connectivity index (χ4v) is 2.80. The van der Waals surface area contributed by atoms with Crippen molar-refractivity contribution in [2.75, 3.05) is 0 Å². The molecule has 1 aromatic heterocycles. The molecule has 0 amide bonds. The summed E-state index contributed by atoms with van der Waals surface area (Å²) in [4.78, 5) is 19.2. The number of nitrogens with zero attached hydrogens (tertiary/aromatic N) is 3. The van der Waals surface area contributed by atoms with Crippen LogP contribution >= 0.6 is 0 Å². The van der Waals surface area contributed by atoms with Crippen LogP contribution in [0.15, 0.2) is 70.1 Å². The van der Waals surface area contributed by atoms with Crippen molar-refractivity contribution in [3.63, 3.8) is 0 Å². The topological polar surface area (TPSA) is 102 Å². The van der Waals surface area contributed by atoms with Crippen molar-refractivity contribution in [3.8, 4) is 17.2 Å². The van der Waals surface area contributed by atoms with E-state index in [0.29, 0.717) is 33.8 Å². The normalized spacial score (nSPS) is 11.3. The molecule has 7 nitrogen and oxygen atoms in total. The highest BCUT2D eigenvalue weighted by Crippen LogP contribution is 2.34. The van der Waals surface area contributed by atoms with Gasteiger partial charge in [-0.3, -0.25) is 15.1 Å². The van der Waals surface area contributed by atoms with E-state index in [0.717, 1.165) is 5.56 Å². The quantitative estimate of drug-likeness (QED) is 0.302. The molecule has 4 rings (SSSR count). The van der Waals surface area contributed by atoms with Gasteiger partial charge in [-0.1, -0.05) is 18.2 Å². The van der Waals surface area contributed by atoms with Crippen molar-refractivity contribution >= 4 is 28.7 Å². The first-order valence-electron chi connectivity index (χ1n) is 8.49. The molecule has 1 N–H and O–H groups in total. The number of rotatable bonds is 4. The largest absolute Gasteiger partial charge is 0.507 e. The van der Waals surface area contributed by atoms with Gasteiger partial charge in [-0.15, -0.1) is 0 Å². The Morgan fingerprint density at radius 1 is 1.14 bits per heavy atom. The molecule has 0 spiro atoms. The highest BCUT2D eigenvalue weighted by atomic mass is 16.6. The minimum atomic E-state index is -0.453. The number of nitro groups is 1. The number of hydrogen-bond donors (Lipinski definition) is 1. The van der Waals surface area contributed by atoms with Crippen LogP contribution in [-0.4, -0.2) is 21.2 Å². The van der Waals surface area contributed by atoms with Crippen LogP contribution in [0.3, 0.4) is 0 Å². The predicted molar refractivity (Wildman–Crippen MR) is 106 cm³/mol. The number of fused-ring (bicyclic) bond motifs is 1. The van der Waals surface area contributed by atoms with Gasteiger partial charge in [0.25, 0.3) is 5.69 Å². The lowest BCUT2D eigenvalue weighted by Crippen LogP contribution is -1.89. The summed E-state index contributed by atoms with van der Waals surface area (Å²) in [5.41, 5.74) is 3.97. The molecule has 1 heterocycles. The summed E-state index contributed by atoms with van der Waals surface area (Å²) in [6, 6.07) is 16.7. The van der Waals surface area contributed by atoms with Crippen molar-refractivity contribution < 1.29 is 14.4 Å². The van der Waals surface area contributed by atoms with Crippen molar-refractivity contribution in [1.82, 2.24) is 4.98 Å². The van der Waals surface area contributed by atoms with Crippen LogP contribution in [0.5, 0.6) is 5.75 Å². The molecule has 28 heavy (non-hydrogen) atoms. The van der Waals surface area contributed by atoms with E-state index in [1.54, 1.807) is 24.3 Å². The van der Waals surface area contributed by atoms with Crippen molar-refractivity contribution in [1.29, 1.82) is 0 Å². The van der Waals surface area contributed by atoms with Gasteiger partial charge in [0.1, 0.15) is 11.3 Å². The zero-order valence-electron chi connectivity index (χ0n) is 14.9. The molecule has 0 atom stereocenters. The van der Waals surface area contributed by atoms with Gasteiger partial charge in [-0.05, 0) is 48.4 Å². The number of hydrogen-bond acceptors (Lipinski definition) is 6. The third-order valence-electron chi connectivity index (χ3n) is 4.20. The van der Waals surface area contributed by atoms with E-state index < -0.39 is 4.92 Å². The van der Waals surface area contributed by atoms with Crippen LogP contribution in [0.2, 0.25) is 0 Å². The zero-order valence-corrected chi connectivity index (χ0v) is 14.9. The third kappa shape index (κ3) is 3.45. The second kappa shape index (κ2) is 6.96. The monoisotopic (exact) mass is 373 g/mol. The summed E-state index contributed by atoms with van der Waals surface area (Å²) in [5.74, 6) is 0.322. The molecule has 0 aliphatic heterocycles. The van der Waals surface area contributed by atoms with Crippen molar-refractivity contribution in [2.45, 2.75) is 6.92 Å². The van der Waals surface area contributed by atoms with Gasteiger partial charge >= 0.3 is 0 Å². The number of aromatic nitrogens is 1. The lowest BCUT2D eigenvalue weighted by Gasteiger charge is -2.02. The van der Waals surface area contributed by atoms with Gasteiger partial charge in [0, 0.05) is 18.3 Å². The maximum absolute atomic E-state index is 10.9. The lowest BCUT2D eigenvalue weighted by molar-refractivity contribution is -0.384. The second-order valence-electron chi connectivity index (χ2n) is 6.30. The summed E-state index contributed by atoms with van der Waals surface area (Å²) in [5, 5.41) is 21.1. The molecule has 0 aliphatic rings. The van der Waals surface area contributed by atoms with E-state index in [1.165, 1.54) is 24.4 Å². The average Bonchev–Trinajstić information content (AvgIpc) is 3.10. The second-order valence-corrected chi connectivity index (χ2v) is 6.30. The average molecular weight is 373 g/mol. The predicted octanol–water partition coefficient (Wildman–Crippen LogP) is 5.17. The minimum absolute atomic E-state index is 0.00267. The fraction of sp³-hybridized carbons (Fsp3) is 0.0476. The molecule has 0 unspecified atom stereocenters. The Balaban J connectivity index is 1.68. The van der Waals surface area contributed by atoms with Gasteiger partial charge in [-0.2, -0.15) is 0 Å². The first kappa shape index (κ1) is 17.4. The Kier molecular flexibility index (Phi) is 4.33. The summed E-state index contributed by atoms with van der Waals surface area (Å²) in [6.07, 6.45) is 1.53. The lowest BCUT2D eigenvalue weighted by atomic mass is 10.1. The molecule has 0 aliphatic carbocycles. The standard InChI is InChI=1S/C21H15N3O4/c1-13-5-8-20-18(9-13)23-21(28-20)17-11-15(6-7-19(17)25)22-12-14-3-2-4-16(10-14)24(26)27/h2-12,25H,1H3. The number of aromatic hydroxyl groups is 1. The molecule has 0 radical (unpaired) electrons. The Bertz CT molecular complexity index is 1230. The number of aryl methyl sites for hydroxylation is 1. The van der Waals surface area contributed by atoms with Gasteiger partial charge < -0.3 is 9.52 Å².